The van der Waals surface area contributed by atoms with Gasteiger partial charge in [0.05, 0.1) is 0 Å². The highest BCUT2D eigenvalue weighted by atomic mass is 16.3. The molecule has 6 heteroatoms. The number of phenols is 1. The number of fused-ring (bicyclic) bond motifs is 1. The monoisotopic (exact) mass is 351 g/mol. The molecule has 1 saturated carbocycles. The number of benzene rings is 1. The van der Waals surface area contributed by atoms with Gasteiger partial charge in [-0.2, -0.15) is 4.52 Å². The molecule has 6 nitrogen and oxygen atoms in total. The molecule has 0 amide bonds. The molecule has 0 unspecified atom stereocenters. The first-order valence-corrected chi connectivity index (χ1v) is 9.45. The number of phenolic OH excluding ortho intramolecular Hbond substituents is 1. The molecule has 26 heavy (non-hydrogen) atoms. The van der Waals surface area contributed by atoms with Crippen LogP contribution in [0.1, 0.15) is 50.4 Å². The van der Waals surface area contributed by atoms with Crippen molar-refractivity contribution in [1.82, 2.24) is 19.8 Å². The van der Waals surface area contributed by atoms with Gasteiger partial charge in [0.15, 0.2) is 11.5 Å². The molecule has 136 valence electrons. The van der Waals surface area contributed by atoms with E-state index >= 15 is 0 Å². The van der Waals surface area contributed by atoms with Crippen molar-refractivity contribution in [3.05, 3.63) is 47.8 Å². The van der Waals surface area contributed by atoms with Crippen LogP contribution in [0.25, 0.3) is 5.65 Å². The van der Waals surface area contributed by atoms with Crippen molar-refractivity contribution in [3.8, 4) is 5.75 Å². The van der Waals surface area contributed by atoms with E-state index in [1.807, 2.05) is 28.8 Å². The van der Waals surface area contributed by atoms with Gasteiger partial charge >= 0.3 is 0 Å². The van der Waals surface area contributed by atoms with Crippen molar-refractivity contribution < 1.29 is 5.11 Å². The Morgan fingerprint density at radius 1 is 1.08 bits per heavy atom. The second-order valence-electron chi connectivity index (χ2n) is 7.28. The quantitative estimate of drug-likeness (QED) is 0.731. The number of hydrogen-bond acceptors (Lipinski definition) is 5. The number of aromatic hydroxyl groups is 1. The molecule has 2 N–H and O–H groups in total. The lowest BCUT2D eigenvalue weighted by Crippen LogP contribution is -2.28. The van der Waals surface area contributed by atoms with Gasteiger partial charge in [0.1, 0.15) is 11.6 Å². The van der Waals surface area contributed by atoms with Gasteiger partial charge < -0.3 is 10.4 Å². The van der Waals surface area contributed by atoms with Gasteiger partial charge in [-0.05, 0) is 55.5 Å². The Kier molecular flexibility index (Phi) is 4.73. The number of hydrogen-bond donors (Lipinski definition) is 2. The molecule has 0 bridgehead atoms. The maximum absolute atomic E-state index is 9.43. The maximum atomic E-state index is 9.43. The van der Waals surface area contributed by atoms with Gasteiger partial charge in [0.25, 0.3) is 0 Å². The molecule has 0 spiro atoms. The van der Waals surface area contributed by atoms with E-state index in [9.17, 15) is 5.11 Å². The Labute approximate surface area is 153 Å². The molecule has 1 aromatic carbocycles. The van der Waals surface area contributed by atoms with Gasteiger partial charge in [-0.25, -0.2) is 0 Å². The average molecular weight is 351 g/mol. The van der Waals surface area contributed by atoms with Crippen molar-refractivity contribution in [2.45, 2.75) is 51.5 Å². The fourth-order valence-electron chi connectivity index (χ4n) is 3.80. The molecule has 1 atom stereocenters. The number of rotatable bonds is 5. The third-order valence-electron chi connectivity index (χ3n) is 5.36. The standard InChI is InChI=1S/C20H25N5O/c1-14(16-5-3-2-4-6-16)21-18-11-12-19-22-23-20(25(19)24-18)13-15-7-9-17(26)10-8-15/h7-12,14,16,26H,2-6,13H2,1H3,(H,21,24)/t14-/m1/s1. The minimum atomic E-state index is 0.265. The van der Waals surface area contributed by atoms with Crippen molar-refractivity contribution >= 4 is 11.5 Å². The van der Waals surface area contributed by atoms with E-state index < -0.39 is 0 Å². The minimum Gasteiger partial charge on any atom is -0.508 e. The van der Waals surface area contributed by atoms with Gasteiger partial charge in [0, 0.05) is 12.5 Å². The van der Waals surface area contributed by atoms with Crippen LogP contribution in [0.2, 0.25) is 0 Å². The highest BCUT2D eigenvalue weighted by Gasteiger charge is 2.20. The summed E-state index contributed by atoms with van der Waals surface area (Å²) >= 11 is 0. The van der Waals surface area contributed by atoms with Crippen LogP contribution in [0.5, 0.6) is 5.75 Å². The molecule has 1 aliphatic carbocycles. The third kappa shape index (κ3) is 3.64. The summed E-state index contributed by atoms with van der Waals surface area (Å²) in [6.07, 6.45) is 7.27. The first-order chi connectivity index (χ1) is 12.7. The van der Waals surface area contributed by atoms with Crippen LogP contribution in [-0.4, -0.2) is 31.0 Å². The molecule has 1 fully saturated rings. The fraction of sp³-hybridized carbons (Fsp3) is 0.450. The molecule has 0 saturated heterocycles. The summed E-state index contributed by atoms with van der Waals surface area (Å²) in [6.45, 7) is 2.26. The predicted molar refractivity (Wildman–Crippen MR) is 101 cm³/mol. The minimum absolute atomic E-state index is 0.265. The largest absolute Gasteiger partial charge is 0.508 e. The SMILES string of the molecule is C[C@@H](Nc1ccc2nnc(Cc3ccc(O)cc3)n2n1)C1CCCCC1. The Hall–Kier alpha value is -2.63. The lowest BCUT2D eigenvalue weighted by Gasteiger charge is -2.28. The van der Waals surface area contributed by atoms with Crippen LogP contribution in [0, 0.1) is 5.92 Å². The average Bonchev–Trinajstić information content (AvgIpc) is 3.06. The first-order valence-electron chi connectivity index (χ1n) is 9.45. The molecule has 1 aliphatic rings. The Morgan fingerprint density at radius 2 is 1.85 bits per heavy atom. The van der Waals surface area contributed by atoms with Crippen molar-refractivity contribution in [2.75, 3.05) is 5.32 Å². The Balaban J connectivity index is 1.53. The lowest BCUT2D eigenvalue weighted by atomic mass is 9.84. The van der Waals surface area contributed by atoms with Crippen LogP contribution in [0.4, 0.5) is 5.82 Å². The molecule has 2 aromatic heterocycles. The third-order valence-corrected chi connectivity index (χ3v) is 5.36. The van der Waals surface area contributed by atoms with E-state index in [4.69, 9.17) is 5.10 Å². The molecular weight excluding hydrogens is 326 g/mol. The van der Waals surface area contributed by atoms with Gasteiger partial charge in [0.2, 0.25) is 0 Å². The summed E-state index contributed by atoms with van der Waals surface area (Å²) in [5.74, 6) is 2.64. The maximum Gasteiger partial charge on any atom is 0.178 e. The smallest absolute Gasteiger partial charge is 0.178 e. The molecule has 0 radical (unpaired) electrons. The second-order valence-corrected chi connectivity index (χ2v) is 7.28. The van der Waals surface area contributed by atoms with Crippen molar-refractivity contribution in [2.24, 2.45) is 5.92 Å². The van der Waals surface area contributed by atoms with E-state index in [1.54, 1.807) is 12.1 Å². The lowest BCUT2D eigenvalue weighted by molar-refractivity contribution is 0.328. The Morgan fingerprint density at radius 3 is 2.62 bits per heavy atom. The number of nitrogens with one attached hydrogen (secondary N) is 1. The van der Waals surface area contributed by atoms with E-state index in [2.05, 4.69) is 22.4 Å². The predicted octanol–water partition coefficient (Wildman–Crippen LogP) is 3.80. The van der Waals surface area contributed by atoms with Crippen LogP contribution in [0.15, 0.2) is 36.4 Å². The second kappa shape index (κ2) is 7.32. The van der Waals surface area contributed by atoms with Gasteiger partial charge in [-0.1, -0.05) is 31.4 Å². The molecule has 0 aliphatic heterocycles. The molecule has 4 rings (SSSR count). The zero-order valence-corrected chi connectivity index (χ0v) is 15.1. The normalized spacial score (nSPS) is 16.7. The van der Waals surface area contributed by atoms with Crippen LogP contribution in [-0.2, 0) is 6.42 Å². The van der Waals surface area contributed by atoms with E-state index in [0.29, 0.717) is 12.5 Å². The summed E-state index contributed by atoms with van der Waals surface area (Å²) in [6, 6.07) is 11.5. The zero-order valence-electron chi connectivity index (χ0n) is 15.1. The zero-order chi connectivity index (χ0) is 17.9. The summed E-state index contributed by atoms with van der Waals surface area (Å²) in [5.41, 5.74) is 1.81. The summed E-state index contributed by atoms with van der Waals surface area (Å²) in [7, 11) is 0. The Bertz CT molecular complexity index is 868. The van der Waals surface area contributed by atoms with E-state index in [-0.39, 0.29) is 5.75 Å². The highest BCUT2D eigenvalue weighted by molar-refractivity contribution is 5.45. The fourth-order valence-corrected chi connectivity index (χ4v) is 3.80. The number of anilines is 1. The van der Waals surface area contributed by atoms with E-state index in [1.165, 1.54) is 32.1 Å². The van der Waals surface area contributed by atoms with Crippen molar-refractivity contribution in [3.63, 3.8) is 0 Å². The van der Waals surface area contributed by atoms with Gasteiger partial charge in [-0.15, -0.1) is 15.3 Å². The molecule has 2 heterocycles. The van der Waals surface area contributed by atoms with Crippen molar-refractivity contribution in [1.29, 1.82) is 0 Å². The summed E-state index contributed by atoms with van der Waals surface area (Å²) in [4.78, 5) is 0. The summed E-state index contributed by atoms with van der Waals surface area (Å²) < 4.78 is 1.81. The highest BCUT2D eigenvalue weighted by Crippen LogP contribution is 2.27. The topological polar surface area (TPSA) is 75.3 Å². The van der Waals surface area contributed by atoms with Crippen LogP contribution >= 0.6 is 0 Å². The van der Waals surface area contributed by atoms with Gasteiger partial charge in [-0.3, -0.25) is 0 Å². The summed E-state index contributed by atoms with van der Waals surface area (Å²) in [5, 5.41) is 26.2. The molecular formula is C20H25N5O. The number of aromatic nitrogens is 4. The molecule has 3 aromatic rings. The van der Waals surface area contributed by atoms with E-state index in [0.717, 1.165) is 28.8 Å². The van der Waals surface area contributed by atoms with Crippen LogP contribution in [0.3, 0.4) is 0 Å². The van der Waals surface area contributed by atoms with Crippen LogP contribution < -0.4 is 5.32 Å². The number of nitrogens with zero attached hydrogens (tertiary/aromatic N) is 4. The first kappa shape index (κ1) is 16.8.